The van der Waals surface area contributed by atoms with Gasteiger partial charge in [-0.15, -0.1) is 0 Å². The maximum absolute atomic E-state index is 10.7. The summed E-state index contributed by atoms with van der Waals surface area (Å²) in [5.41, 5.74) is 1.35. The van der Waals surface area contributed by atoms with Gasteiger partial charge in [0.2, 0.25) is 0 Å². The molecular weight excluding hydrogens is 188 g/mol. The molecule has 0 radical (unpaired) electrons. The molecule has 1 aliphatic carbocycles. The molecule has 0 N–H and O–H groups in total. The van der Waals surface area contributed by atoms with Gasteiger partial charge >= 0.3 is 0 Å². The van der Waals surface area contributed by atoms with Gasteiger partial charge in [-0.2, -0.15) is 0 Å². The molecule has 0 heterocycles. The number of ketones is 1. The molecule has 1 aromatic rings. The summed E-state index contributed by atoms with van der Waals surface area (Å²) in [5.74, 6) is 0.336. The molecular formula is C13H16O2. The highest BCUT2D eigenvalue weighted by molar-refractivity contribution is 5.85. The lowest BCUT2D eigenvalue weighted by Gasteiger charge is -2.24. The number of benzene rings is 1. The fourth-order valence-electron chi connectivity index (χ4n) is 1.74. The highest BCUT2D eigenvalue weighted by atomic mass is 16.5. The molecule has 0 aliphatic heterocycles. The molecule has 1 fully saturated rings. The third kappa shape index (κ3) is 3.17. The minimum absolute atomic E-state index is 0.216. The van der Waals surface area contributed by atoms with Crippen molar-refractivity contribution in [2.45, 2.75) is 31.8 Å². The van der Waals surface area contributed by atoms with E-state index in [9.17, 15) is 4.79 Å². The number of Topliss-reactive ketones (excluding diaryl/α,β-unsaturated/α-hetero) is 1. The molecule has 0 aromatic heterocycles. The minimum atomic E-state index is 0.216. The number of carbonyl (C=O) groups excluding carboxylic acids is 1. The van der Waals surface area contributed by atoms with Crippen LogP contribution in [0.15, 0.2) is 30.3 Å². The molecule has 0 bridgehead atoms. The van der Waals surface area contributed by atoms with Gasteiger partial charge in [0.15, 0.2) is 0 Å². The van der Waals surface area contributed by atoms with E-state index < -0.39 is 0 Å². The van der Waals surface area contributed by atoms with Crippen LogP contribution in [0.2, 0.25) is 0 Å². The Morgan fingerprint density at radius 3 is 2.60 bits per heavy atom. The standard InChI is InChI=1S/C13H16O2/c14-12-9-13(10-12)15-8-4-7-11-5-2-1-3-6-11/h1-3,5-6,13H,4,7-10H2. The van der Waals surface area contributed by atoms with Crippen LogP contribution in [-0.4, -0.2) is 18.5 Å². The van der Waals surface area contributed by atoms with Gasteiger partial charge in [-0.25, -0.2) is 0 Å². The van der Waals surface area contributed by atoms with Crippen molar-refractivity contribution in [2.24, 2.45) is 0 Å². The molecule has 2 rings (SSSR count). The fraction of sp³-hybridized carbons (Fsp3) is 0.462. The van der Waals surface area contributed by atoms with Crippen molar-refractivity contribution in [1.29, 1.82) is 0 Å². The summed E-state index contributed by atoms with van der Waals surface area (Å²) in [6.07, 6.45) is 3.57. The first-order chi connectivity index (χ1) is 7.34. The average Bonchev–Trinajstić information content (AvgIpc) is 2.23. The lowest BCUT2D eigenvalue weighted by molar-refractivity contribution is -0.134. The number of hydrogen-bond donors (Lipinski definition) is 0. The van der Waals surface area contributed by atoms with Crippen LogP contribution in [0.5, 0.6) is 0 Å². The van der Waals surface area contributed by atoms with Crippen LogP contribution < -0.4 is 0 Å². The predicted molar refractivity (Wildman–Crippen MR) is 58.7 cm³/mol. The van der Waals surface area contributed by atoms with E-state index in [1.165, 1.54) is 5.56 Å². The van der Waals surface area contributed by atoms with Crippen LogP contribution in [-0.2, 0) is 16.0 Å². The number of carbonyl (C=O) groups is 1. The summed E-state index contributed by atoms with van der Waals surface area (Å²) in [4.78, 5) is 10.7. The van der Waals surface area contributed by atoms with Crippen molar-refractivity contribution >= 4 is 5.78 Å². The quantitative estimate of drug-likeness (QED) is 0.688. The van der Waals surface area contributed by atoms with Crippen molar-refractivity contribution in [1.82, 2.24) is 0 Å². The lowest BCUT2D eigenvalue weighted by atomic mass is 9.94. The normalized spacial score (nSPS) is 16.4. The first kappa shape index (κ1) is 10.4. The van der Waals surface area contributed by atoms with Gasteiger partial charge in [0.05, 0.1) is 6.10 Å². The van der Waals surface area contributed by atoms with Gasteiger partial charge < -0.3 is 4.74 Å². The second-order valence-electron chi connectivity index (χ2n) is 4.03. The van der Waals surface area contributed by atoms with Crippen molar-refractivity contribution in [3.05, 3.63) is 35.9 Å². The molecule has 1 saturated carbocycles. The van der Waals surface area contributed by atoms with Gasteiger partial charge in [-0.3, -0.25) is 4.79 Å². The zero-order chi connectivity index (χ0) is 10.5. The number of aryl methyl sites for hydroxylation is 1. The van der Waals surface area contributed by atoms with E-state index in [0.717, 1.165) is 19.4 Å². The molecule has 0 saturated heterocycles. The second kappa shape index (κ2) is 5.08. The maximum atomic E-state index is 10.7. The Bertz CT molecular complexity index is 311. The van der Waals surface area contributed by atoms with Crippen molar-refractivity contribution in [3.63, 3.8) is 0 Å². The van der Waals surface area contributed by atoms with E-state index in [0.29, 0.717) is 18.6 Å². The Morgan fingerprint density at radius 2 is 1.93 bits per heavy atom. The van der Waals surface area contributed by atoms with Crippen molar-refractivity contribution in [2.75, 3.05) is 6.61 Å². The topological polar surface area (TPSA) is 26.3 Å². The van der Waals surface area contributed by atoms with Crippen molar-refractivity contribution in [3.8, 4) is 0 Å². The Kier molecular flexibility index (Phi) is 3.51. The van der Waals surface area contributed by atoms with E-state index in [2.05, 4.69) is 24.3 Å². The van der Waals surface area contributed by atoms with Gasteiger partial charge in [-0.05, 0) is 18.4 Å². The van der Waals surface area contributed by atoms with Crippen LogP contribution in [0.4, 0.5) is 0 Å². The summed E-state index contributed by atoms with van der Waals surface area (Å²) in [7, 11) is 0. The summed E-state index contributed by atoms with van der Waals surface area (Å²) < 4.78 is 5.55. The van der Waals surface area contributed by atoms with E-state index in [4.69, 9.17) is 4.74 Å². The first-order valence-electron chi connectivity index (χ1n) is 5.52. The molecule has 1 aliphatic rings. The zero-order valence-electron chi connectivity index (χ0n) is 8.82. The lowest BCUT2D eigenvalue weighted by Crippen LogP contribution is -2.31. The van der Waals surface area contributed by atoms with Crippen LogP contribution in [0.3, 0.4) is 0 Å². The predicted octanol–water partition coefficient (Wildman–Crippen LogP) is 2.37. The van der Waals surface area contributed by atoms with E-state index in [1.807, 2.05) is 6.07 Å². The average molecular weight is 204 g/mol. The largest absolute Gasteiger partial charge is 0.377 e. The molecule has 15 heavy (non-hydrogen) atoms. The Labute approximate surface area is 90.3 Å². The monoisotopic (exact) mass is 204 g/mol. The van der Waals surface area contributed by atoms with E-state index in [-0.39, 0.29) is 6.10 Å². The highest BCUT2D eigenvalue weighted by Crippen LogP contribution is 2.18. The molecule has 0 unspecified atom stereocenters. The number of hydrogen-bond acceptors (Lipinski definition) is 2. The molecule has 2 heteroatoms. The SMILES string of the molecule is O=C1CC(OCCCc2ccccc2)C1. The molecule has 2 nitrogen and oxygen atoms in total. The number of ether oxygens (including phenoxy) is 1. The van der Waals surface area contributed by atoms with Crippen LogP contribution >= 0.6 is 0 Å². The third-order valence-electron chi connectivity index (χ3n) is 2.72. The van der Waals surface area contributed by atoms with E-state index >= 15 is 0 Å². The number of rotatable bonds is 5. The molecule has 0 spiro atoms. The Morgan fingerprint density at radius 1 is 1.20 bits per heavy atom. The summed E-state index contributed by atoms with van der Waals surface area (Å²) in [5, 5.41) is 0. The fourth-order valence-corrected chi connectivity index (χ4v) is 1.74. The van der Waals surface area contributed by atoms with Gasteiger partial charge in [0, 0.05) is 19.4 Å². The Balaban J connectivity index is 1.57. The molecule has 80 valence electrons. The summed E-state index contributed by atoms with van der Waals surface area (Å²) in [6.45, 7) is 0.771. The van der Waals surface area contributed by atoms with Gasteiger partial charge in [-0.1, -0.05) is 30.3 Å². The van der Waals surface area contributed by atoms with Crippen molar-refractivity contribution < 1.29 is 9.53 Å². The van der Waals surface area contributed by atoms with Crippen LogP contribution in [0.25, 0.3) is 0 Å². The summed E-state index contributed by atoms with van der Waals surface area (Å²) >= 11 is 0. The third-order valence-corrected chi connectivity index (χ3v) is 2.72. The maximum Gasteiger partial charge on any atom is 0.138 e. The van der Waals surface area contributed by atoms with Crippen LogP contribution in [0.1, 0.15) is 24.8 Å². The highest BCUT2D eigenvalue weighted by Gasteiger charge is 2.26. The van der Waals surface area contributed by atoms with E-state index in [1.54, 1.807) is 0 Å². The van der Waals surface area contributed by atoms with Gasteiger partial charge in [0.25, 0.3) is 0 Å². The molecule has 0 amide bonds. The molecule has 1 aromatic carbocycles. The summed E-state index contributed by atoms with van der Waals surface area (Å²) in [6, 6.07) is 10.4. The first-order valence-corrected chi connectivity index (χ1v) is 5.52. The second-order valence-corrected chi connectivity index (χ2v) is 4.03. The van der Waals surface area contributed by atoms with Gasteiger partial charge in [0.1, 0.15) is 5.78 Å². The minimum Gasteiger partial charge on any atom is -0.377 e. The Hall–Kier alpha value is -1.15. The smallest absolute Gasteiger partial charge is 0.138 e. The zero-order valence-corrected chi connectivity index (χ0v) is 8.82. The molecule has 0 atom stereocenters. The van der Waals surface area contributed by atoms with Crippen LogP contribution in [0, 0.1) is 0 Å².